The summed E-state index contributed by atoms with van der Waals surface area (Å²) in [6.45, 7) is 7.59. The first kappa shape index (κ1) is 12.2. The molecule has 0 aromatic carbocycles. The van der Waals surface area contributed by atoms with Crippen LogP contribution in [0.3, 0.4) is 0 Å². The van der Waals surface area contributed by atoms with Crippen molar-refractivity contribution < 1.29 is 9.53 Å². The van der Waals surface area contributed by atoms with Gasteiger partial charge < -0.3 is 10.1 Å². The van der Waals surface area contributed by atoms with Crippen LogP contribution in [-0.4, -0.2) is 25.2 Å². The molecule has 3 nitrogen and oxygen atoms in total. The largest absolute Gasteiger partial charge is 0.381 e. The fourth-order valence-electron chi connectivity index (χ4n) is 1.86. The van der Waals surface area contributed by atoms with Crippen LogP contribution in [-0.2, 0) is 9.53 Å². The number of rotatable bonds is 3. The van der Waals surface area contributed by atoms with Gasteiger partial charge in [-0.1, -0.05) is 5.57 Å². The SMILES string of the molecule is CC(C)=CC(=O)NC(C)C1CCOCC1. The molecule has 0 aromatic rings. The van der Waals surface area contributed by atoms with E-state index in [2.05, 4.69) is 12.2 Å². The molecule has 0 radical (unpaired) electrons. The Morgan fingerprint density at radius 2 is 2.00 bits per heavy atom. The minimum atomic E-state index is 0.0222. The molecule has 86 valence electrons. The molecule has 0 aromatic heterocycles. The van der Waals surface area contributed by atoms with E-state index in [1.807, 2.05) is 13.8 Å². The second-order valence-electron chi connectivity index (χ2n) is 4.47. The summed E-state index contributed by atoms with van der Waals surface area (Å²) in [6, 6.07) is 0.247. The van der Waals surface area contributed by atoms with Crippen LogP contribution in [0, 0.1) is 5.92 Å². The molecule has 0 bridgehead atoms. The molecule has 0 spiro atoms. The predicted octanol–water partition coefficient (Wildman–Crippen LogP) is 1.88. The molecule has 1 N–H and O–H groups in total. The average molecular weight is 211 g/mol. The smallest absolute Gasteiger partial charge is 0.244 e. The van der Waals surface area contributed by atoms with Gasteiger partial charge in [0.2, 0.25) is 5.91 Å². The summed E-state index contributed by atoms with van der Waals surface area (Å²) in [6.07, 6.45) is 3.75. The molecule has 1 fully saturated rings. The summed E-state index contributed by atoms with van der Waals surface area (Å²) in [5.74, 6) is 0.585. The van der Waals surface area contributed by atoms with E-state index in [1.54, 1.807) is 6.08 Å². The molecule has 0 saturated carbocycles. The standard InChI is InChI=1S/C12H21NO2/c1-9(2)8-12(14)13-10(3)11-4-6-15-7-5-11/h8,10-11H,4-7H2,1-3H3,(H,13,14). The van der Waals surface area contributed by atoms with E-state index in [0.717, 1.165) is 31.6 Å². The molecule has 15 heavy (non-hydrogen) atoms. The molecule has 3 heteroatoms. The Bertz CT molecular complexity index is 238. The van der Waals surface area contributed by atoms with Crippen LogP contribution in [0.2, 0.25) is 0 Å². The molecule has 1 aliphatic heterocycles. The Labute approximate surface area is 91.9 Å². The normalized spacial score (nSPS) is 19.4. The van der Waals surface area contributed by atoms with Crippen LogP contribution in [0.25, 0.3) is 0 Å². The number of carbonyl (C=O) groups is 1. The average Bonchev–Trinajstić information content (AvgIpc) is 2.17. The Kier molecular flexibility index (Phi) is 4.82. The molecule has 1 heterocycles. The van der Waals surface area contributed by atoms with Gasteiger partial charge in [-0.25, -0.2) is 0 Å². The number of hydrogen-bond acceptors (Lipinski definition) is 2. The predicted molar refractivity (Wildman–Crippen MR) is 60.6 cm³/mol. The zero-order valence-electron chi connectivity index (χ0n) is 9.88. The van der Waals surface area contributed by atoms with E-state index >= 15 is 0 Å². The quantitative estimate of drug-likeness (QED) is 0.724. The maximum absolute atomic E-state index is 11.5. The van der Waals surface area contributed by atoms with Crippen LogP contribution in [0.15, 0.2) is 11.6 Å². The zero-order chi connectivity index (χ0) is 11.3. The van der Waals surface area contributed by atoms with Gasteiger partial charge in [-0.2, -0.15) is 0 Å². The highest BCUT2D eigenvalue weighted by Crippen LogP contribution is 2.18. The van der Waals surface area contributed by atoms with Crippen molar-refractivity contribution in [3.05, 3.63) is 11.6 Å². The van der Waals surface area contributed by atoms with E-state index in [1.165, 1.54) is 0 Å². The zero-order valence-corrected chi connectivity index (χ0v) is 9.88. The van der Waals surface area contributed by atoms with Gasteiger partial charge in [0, 0.05) is 25.3 Å². The molecule has 1 atom stereocenters. The first-order valence-electron chi connectivity index (χ1n) is 5.62. The summed E-state index contributed by atoms with van der Waals surface area (Å²) in [7, 11) is 0. The Morgan fingerprint density at radius 3 is 2.53 bits per heavy atom. The Hall–Kier alpha value is -0.830. The lowest BCUT2D eigenvalue weighted by molar-refractivity contribution is -0.117. The van der Waals surface area contributed by atoms with Crippen molar-refractivity contribution in [1.82, 2.24) is 5.32 Å². The van der Waals surface area contributed by atoms with Crippen LogP contribution < -0.4 is 5.32 Å². The Balaban J connectivity index is 2.36. The molecular weight excluding hydrogens is 190 g/mol. The monoisotopic (exact) mass is 211 g/mol. The highest BCUT2D eigenvalue weighted by molar-refractivity contribution is 5.88. The number of nitrogens with one attached hydrogen (secondary N) is 1. The summed E-state index contributed by atoms with van der Waals surface area (Å²) >= 11 is 0. The second-order valence-corrected chi connectivity index (χ2v) is 4.47. The fraction of sp³-hybridized carbons (Fsp3) is 0.750. The van der Waals surface area contributed by atoms with Crippen molar-refractivity contribution in [3.63, 3.8) is 0 Å². The van der Waals surface area contributed by atoms with Crippen molar-refractivity contribution in [3.8, 4) is 0 Å². The van der Waals surface area contributed by atoms with Gasteiger partial charge in [-0.15, -0.1) is 0 Å². The lowest BCUT2D eigenvalue weighted by atomic mass is 9.93. The minimum absolute atomic E-state index is 0.0222. The number of amides is 1. The van der Waals surface area contributed by atoms with E-state index < -0.39 is 0 Å². The highest BCUT2D eigenvalue weighted by Gasteiger charge is 2.21. The number of allylic oxidation sites excluding steroid dienone is 1. The van der Waals surface area contributed by atoms with Crippen molar-refractivity contribution in [2.45, 2.75) is 39.7 Å². The molecule has 0 aliphatic carbocycles. The van der Waals surface area contributed by atoms with Gasteiger partial charge in [0.05, 0.1) is 0 Å². The summed E-state index contributed by atoms with van der Waals surface area (Å²) in [5, 5.41) is 3.01. The van der Waals surface area contributed by atoms with Gasteiger partial charge in [0.15, 0.2) is 0 Å². The van der Waals surface area contributed by atoms with E-state index in [-0.39, 0.29) is 11.9 Å². The maximum Gasteiger partial charge on any atom is 0.244 e. The lowest BCUT2D eigenvalue weighted by Gasteiger charge is -2.28. The van der Waals surface area contributed by atoms with Gasteiger partial charge >= 0.3 is 0 Å². The first-order chi connectivity index (χ1) is 7.09. The number of carbonyl (C=O) groups excluding carboxylic acids is 1. The van der Waals surface area contributed by atoms with Gasteiger partial charge in [0.1, 0.15) is 0 Å². The van der Waals surface area contributed by atoms with Crippen LogP contribution in [0.1, 0.15) is 33.6 Å². The third kappa shape index (κ3) is 4.47. The topological polar surface area (TPSA) is 38.3 Å². The summed E-state index contributed by atoms with van der Waals surface area (Å²) < 4.78 is 5.29. The van der Waals surface area contributed by atoms with Crippen molar-refractivity contribution in [2.24, 2.45) is 5.92 Å². The van der Waals surface area contributed by atoms with Crippen LogP contribution in [0.4, 0.5) is 0 Å². The first-order valence-corrected chi connectivity index (χ1v) is 5.62. The highest BCUT2D eigenvalue weighted by atomic mass is 16.5. The van der Waals surface area contributed by atoms with E-state index in [9.17, 15) is 4.79 Å². The minimum Gasteiger partial charge on any atom is -0.381 e. The summed E-state index contributed by atoms with van der Waals surface area (Å²) in [5.41, 5.74) is 1.03. The molecular formula is C12H21NO2. The van der Waals surface area contributed by atoms with Gasteiger partial charge in [-0.05, 0) is 39.5 Å². The van der Waals surface area contributed by atoms with Crippen molar-refractivity contribution in [2.75, 3.05) is 13.2 Å². The number of hydrogen-bond donors (Lipinski definition) is 1. The molecule has 1 amide bonds. The maximum atomic E-state index is 11.5. The number of ether oxygens (including phenoxy) is 1. The Morgan fingerprint density at radius 1 is 1.40 bits per heavy atom. The van der Waals surface area contributed by atoms with Crippen molar-refractivity contribution in [1.29, 1.82) is 0 Å². The van der Waals surface area contributed by atoms with Crippen molar-refractivity contribution >= 4 is 5.91 Å². The van der Waals surface area contributed by atoms with Gasteiger partial charge in [0.25, 0.3) is 0 Å². The van der Waals surface area contributed by atoms with Crippen LogP contribution in [0.5, 0.6) is 0 Å². The molecule has 1 saturated heterocycles. The van der Waals surface area contributed by atoms with Crippen LogP contribution >= 0.6 is 0 Å². The fourth-order valence-corrected chi connectivity index (χ4v) is 1.86. The molecule has 1 unspecified atom stereocenters. The molecule has 1 rings (SSSR count). The second kappa shape index (κ2) is 5.91. The molecule has 1 aliphatic rings. The van der Waals surface area contributed by atoms with Gasteiger partial charge in [-0.3, -0.25) is 4.79 Å². The lowest BCUT2D eigenvalue weighted by Crippen LogP contribution is -2.39. The summed E-state index contributed by atoms with van der Waals surface area (Å²) in [4.78, 5) is 11.5. The third-order valence-corrected chi connectivity index (χ3v) is 2.76. The third-order valence-electron chi connectivity index (χ3n) is 2.76. The van der Waals surface area contributed by atoms with E-state index in [4.69, 9.17) is 4.74 Å². The van der Waals surface area contributed by atoms with E-state index in [0.29, 0.717) is 5.92 Å².